The Morgan fingerprint density at radius 2 is 1.39 bits per heavy atom. The second-order valence-electron chi connectivity index (χ2n) is 6.24. The lowest BCUT2D eigenvalue weighted by molar-refractivity contribution is 0.414. The fourth-order valence-electron chi connectivity index (χ4n) is 2.79. The van der Waals surface area contributed by atoms with E-state index >= 15 is 0 Å². The van der Waals surface area contributed by atoms with Crippen LogP contribution in [-0.4, -0.2) is 15.5 Å². The molecule has 146 valence electrons. The second kappa shape index (κ2) is 8.91. The van der Waals surface area contributed by atoms with Crippen molar-refractivity contribution in [3.63, 3.8) is 0 Å². The Labute approximate surface area is 166 Å². The van der Waals surface area contributed by atoms with Gasteiger partial charge in [0.2, 0.25) is 10.0 Å². The minimum atomic E-state index is -3.66. The van der Waals surface area contributed by atoms with Gasteiger partial charge in [-0.25, -0.2) is 13.1 Å². The molecule has 0 heterocycles. The van der Waals surface area contributed by atoms with Crippen LogP contribution in [0, 0.1) is 0 Å². The number of benzene rings is 3. The van der Waals surface area contributed by atoms with Crippen molar-refractivity contribution < 1.29 is 17.9 Å². The Hall–Kier alpha value is -2.83. The first-order chi connectivity index (χ1) is 13.5. The quantitative estimate of drug-likeness (QED) is 0.586. The van der Waals surface area contributed by atoms with Gasteiger partial charge in [0.15, 0.2) is 0 Å². The third-order valence-electron chi connectivity index (χ3n) is 4.34. The average Bonchev–Trinajstić information content (AvgIpc) is 2.73. The highest BCUT2D eigenvalue weighted by atomic mass is 32.2. The molecule has 5 nitrogen and oxygen atoms in total. The summed E-state index contributed by atoms with van der Waals surface area (Å²) in [5.41, 5.74) is 0.885. The molecule has 28 heavy (non-hydrogen) atoms. The van der Waals surface area contributed by atoms with E-state index in [-0.39, 0.29) is 10.9 Å². The summed E-state index contributed by atoms with van der Waals surface area (Å²) in [5, 5.41) is 0. The molecular weight excluding hydrogens is 374 g/mol. The summed E-state index contributed by atoms with van der Waals surface area (Å²) in [4.78, 5) is 0.194. The summed E-state index contributed by atoms with van der Waals surface area (Å²) in [7, 11) is -2.06. The number of rotatable bonds is 8. The van der Waals surface area contributed by atoms with Crippen LogP contribution in [0.1, 0.15) is 24.9 Å². The Morgan fingerprint density at radius 1 is 0.821 bits per heavy atom. The molecule has 0 radical (unpaired) electrons. The van der Waals surface area contributed by atoms with Gasteiger partial charge in [-0.3, -0.25) is 0 Å². The maximum Gasteiger partial charge on any atom is 0.241 e. The predicted molar refractivity (Wildman–Crippen MR) is 109 cm³/mol. The summed E-state index contributed by atoms with van der Waals surface area (Å²) in [5.74, 6) is 2.00. The van der Waals surface area contributed by atoms with E-state index in [1.807, 2.05) is 61.5 Å². The molecule has 0 aromatic heterocycles. The van der Waals surface area contributed by atoms with Gasteiger partial charge in [0.1, 0.15) is 17.2 Å². The van der Waals surface area contributed by atoms with Crippen LogP contribution in [0.15, 0.2) is 83.8 Å². The second-order valence-corrected chi connectivity index (χ2v) is 7.96. The highest BCUT2D eigenvalue weighted by Crippen LogP contribution is 2.25. The van der Waals surface area contributed by atoms with E-state index < -0.39 is 10.0 Å². The van der Waals surface area contributed by atoms with Crippen molar-refractivity contribution in [1.29, 1.82) is 0 Å². The molecule has 0 saturated heterocycles. The zero-order valence-corrected chi connectivity index (χ0v) is 16.6. The number of hydrogen-bond acceptors (Lipinski definition) is 4. The minimum absolute atomic E-state index is 0.194. The lowest BCUT2D eigenvalue weighted by Crippen LogP contribution is -2.28. The van der Waals surface area contributed by atoms with Gasteiger partial charge in [-0.2, -0.15) is 0 Å². The number of sulfonamides is 1. The van der Waals surface area contributed by atoms with Gasteiger partial charge in [0.05, 0.1) is 12.0 Å². The third-order valence-corrected chi connectivity index (χ3v) is 5.82. The molecule has 1 atom stereocenters. The van der Waals surface area contributed by atoms with E-state index in [2.05, 4.69) is 4.72 Å². The largest absolute Gasteiger partial charge is 0.497 e. The van der Waals surface area contributed by atoms with Gasteiger partial charge < -0.3 is 9.47 Å². The van der Waals surface area contributed by atoms with Crippen molar-refractivity contribution in [3.05, 3.63) is 84.4 Å². The first-order valence-electron chi connectivity index (χ1n) is 9.01. The van der Waals surface area contributed by atoms with Crippen LogP contribution in [0.25, 0.3) is 0 Å². The number of nitrogens with one attached hydrogen (secondary N) is 1. The maximum absolute atomic E-state index is 12.8. The molecule has 3 aromatic rings. The van der Waals surface area contributed by atoms with Crippen LogP contribution in [0.5, 0.6) is 17.2 Å². The molecule has 0 spiro atoms. The fraction of sp³-hybridized carbons (Fsp3) is 0.182. The normalized spacial score (nSPS) is 12.4. The van der Waals surface area contributed by atoms with Crippen molar-refractivity contribution in [1.82, 2.24) is 4.72 Å². The molecule has 0 bridgehead atoms. The van der Waals surface area contributed by atoms with Crippen LogP contribution in [0.3, 0.4) is 0 Å². The third kappa shape index (κ3) is 4.91. The van der Waals surface area contributed by atoms with E-state index in [1.54, 1.807) is 31.4 Å². The topological polar surface area (TPSA) is 64.6 Å². The summed E-state index contributed by atoms with van der Waals surface area (Å²) in [6.45, 7) is 1.94. The lowest BCUT2D eigenvalue weighted by atomic mass is 10.1. The average molecular weight is 397 g/mol. The molecule has 0 aliphatic heterocycles. The molecule has 1 N–H and O–H groups in total. The van der Waals surface area contributed by atoms with Crippen molar-refractivity contribution in [3.8, 4) is 17.2 Å². The molecule has 6 heteroatoms. The Morgan fingerprint density at radius 3 is 1.96 bits per heavy atom. The molecule has 0 aliphatic rings. The van der Waals surface area contributed by atoms with E-state index in [4.69, 9.17) is 9.47 Å². The molecule has 0 amide bonds. The van der Waals surface area contributed by atoms with Gasteiger partial charge in [-0.1, -0.05) is 37.3 Å². The minimum Gasteiger partial charge on any atom is -0.497 e. The van der Waals surface area contributed by atoms with Gasteiger partial charge in [0.25, 0.3) is 0 Å². The monoisotopic (exact) mass is 397 g/mol. The van der Waals surface area contributed by atoms with Crippen molar-refractivity contribution in [2.75, 3.05) is 7.11 Å². The van der Waals surface area contributed by atoms with Gasteiger partial charge in [0, 0.05) is 6.04 Å². The summed E-state index contributed by atoms with van der Waals surface area (Å²) in [6.07, 6.45) is 0.626. The van der Waals surface area contributed by atoms with Crippen molar-refractivity contribution >= 4 is 10.0 Å². The van der Waals surface area contributed by atoms with Crippen LogP contribution >= 0.6 is 0 Å². The van der Waals surface area contributed by atoms with Crippen LogP contribution in [-0.2, 0) is 10.0 Å². The van der Waals surface area contributed by atoms with Gasteiger partial charge >= 0.3 is 0 Å². The number of methoxy groups -OCH3 is 1. The zero-order valence-electron chi connectivity index (χ0n) is 15.8. The fourth-order valence-corrected chi connectivity index (χ4v) is 4.10. The Balaban J connectivity index is 1.73. The summed E-state index contributed by atoms with van der Waals surface area (Å²) >= 11 is 0. The molecule has 3 rings (SSSR count). The first-order valence-corrected chi connectivity index (χ1v) is 10.5. The SMILES string of the molecule is CC[C@H](NS(=O)(=O)c1ccc(Oc2ccccc2)cc1)c1ccc(OC)cc1. The predicted octanol–water partition coefficient (Wildman–Crippen LogP) is 4.92. The lowest BCUT2D eigenvalue weighted by Gasteiger charge is -2.18. The Bertz CT molecular complexity index is 985. The number of ether oxygens (including phenoxy) is 2. The van der Waals surface area contributed by atoms with E-state index in [9.17, 15) is 8.42 Å². The number of hydrogen-bond donors (Lipinski definition) is 1. The molecule has 0 fully saturated rings. The molecule has 0 unspecified atom stereocenters. The zero-order chi connectivity index (χ0) is 20.0. The molecule has 0 saturated carbocycles. The Kier molecular flexibility index (Phi) is 6.34. The van der Waals surface area contributed by atoms with Gasteiger partial charge in [-0.15, -0.1) is 0 Å². The van der Waals surface area contributed by atoms with Crippen LogP contribution in [0.4, 0.5) is 0 Å². The molecular formula is C22H23NO4S. The smallest absolute Gasteiger partial charge is 0.241 e. The first kappa shape index (κ1) is 19.9. The summed E-state index contributed by atoms with van der Waals surface area (Å²) < 4.78 is 39.2. The molecule has 3 aromatic carbocycles. The highest BCUT2D eigenvalue weighted by molar-refractivity contribution is 7.89. The highest BCUT2D eigenvalue weighted by Gasteiger charge is 2.20. The van der Waals surface area contributed by atoms with E-state index in [0.29, 0.717) is 17.9 Å². The maximum atomic E-state index is 12.8. The van der Waals surface area contributed by atoms with Crippen LogP contribution < -0.4 is 14.2 Å². The van der Waals surface area contributed by atoms with E-state index in [0.717, 1.165) is 11.3 Å². The standard InChI is InChI=1S/C22H23NO4S/c1-3-22(17-9-11-18(26-2)12-10-17)23-28(24,25)21-15-13-20(14-16-21)27-19-7-5-4-6-8-19/h4-16,22-23H,3H2,1-2H3/t22-/m0/s1. The van der Waals surface area contributed by atoms with Crippen molar-refractivity contribution in [2.24, 2.45) is 0 Å². The van der Waals surface area contributed by atoms with Gasteiger partial charge in [-0.05, 0) is 60.5 Å². The van der Waals surface area contributed by atoms with E-state index in [1.165, 1.54) is 0 Å². The number of para-hydroxylation sites is 1. The van der Waals surface area contributed by atoms with Crippen LogP contribution in [0.2, 0.25) is 0 Å². The molecule has 0 aliphatic carbocycles. The van der Waals surface area contributed by atoms with Crippen molar-refractivity contribution in [2.45, 2.75) is 24.3 Å². The summed E-state index contributed by atoms with van der Waals surface area (Å²) in [6, 6.07) is 22.8.